The highest BCUT2D eigenvalue weighted by Gasteiger charge is 2.57. The molecule has 0 spiro atoms. The fourth-order valence-electron chi connectivity index (χ4n) is 6.82. The zero-order valence-electron chi connectivity index (χ0n) is 17.4. The third-order valence-corrected chi connectivity index (χ3v) is 8.27. The molecule has 4 heteroatoms. The maximum absolute atomic E-state index is 13.5. The number of carbonyl (C=O) groups excluding carboxylic acids is 2. The number of rotatable bonds is 3. The zero-order chi connectivity index (χ0) is 21.0. The predicted octanol–water partition coefficient (Wildman–Crippen LogP) is 4.39. The molecule has 156 valence electrons. The van der Waals surface area contributed by atoms with Crippen LogP contribution in [-0.2, 0) is 17.6 Å². The Bertz CT molecular complexity index is 1030. The first-order chi connectivity index (χ1) is 14.4. The molecule has 0 aromatic heterocycles. The fraction of sp³-hybridized carbons (Fsp3) is 0.462. The van der Waals surface area contributed by atoms with Gasteiger partial charge in [0.1, 0.15) is 11.5 Å². The van der Waals surface area contributed by atoms with Crippen LogP contribution in [0.25, 0.3) is 0 Å². The highest BCUT2D eigenvalue weighted by Crippen LogP contribution is 2.61. The van der Waals surface area contributed by atoms with E-state index in [0.717, 1.165) is 37.7 Å². The number of primary amides is 1. The summed E-state index contributed by atoms with van der Waals surface area (Å²) < 4.78 is 0. The van der Waals surface area contributed by atoms with Crippen LogP contribution in [0.3, 0.4) is 0 Å². The molecule has 3 N–H and O–H groups in total. The molecule has 4 nitrogen and oxygen atoms in total. The molecular formula is C26H29NO3. The summed E-state index contributed by atoms with van der Waals surface area (Å²) >= 11 is 0. The van der Waals surface area contributed by atoms with Crippen molar-refractivity contribution in [3.63, 3.8) is 0 Å². The molecule has 2 fully saturated rings. The number of carbonyl (C=O) groups is 2. The van der Waals surface area contributed by atoms with Gasteiger partial charge in [-0.1, -0.05) is 25.1 Å². The molecule has 5 rings (SSSR count). The molecule has 30 heavy (non-hydrogen) atoms. The summed E-state index contributed by atoms with van der Waals surface area (Å²) in [6, 6.07) is 13.3. The van der Waals surface area contributed by atoms with Crippen LogP contribution in [0.1, 0.15) is 65.6 Å². The Morgan fingerprint density at radius 1 is 1.20 bits per heavy atom. The maximum Gasteiger partial charge on any atom is 0.248 e. The number of hydrogen-bond acceptors (Lipinski definition) is 3. The monoisotopic (exact) mass is 403 g/mol. The summed E-state index contributed by atoms with van der Waals surface area (Å²) in [6.45, 7) is 2.20. The van der Waals surface area contributed by atoms with Crippen LogP contribution in [0.5, 0.6) is 5.75 Å². The first-order valence-corrected chi connectivity index (χ1v) is 11.1. The van der Waals surface area contributed by atoms with E-state index in [4.69, 9.17) is 5.73 Å². The van der Waals surface area contributed by atoms with Gasteiger partial charge in [-0.25, -0.2) is 0 Å². The van der Waals surface area contributed by atoms with E-state index in [9.17, 15) is 14.7 Å². The molecule has 5 unspecified atom stereocenters. The molecule has 0 saturated heterocycles. The molecule has 5 atom stereocenters. The zero-order valence-corrected chi connectivity index (χ0v) is 17.4. The highest BCUT2D eigenvalue weighted by atomic mass is 16.3. The van der Waals surface area contributed by atoms with E-state index in [1.807, 2.05) is 30.3 Å². The van der Waals surface area contributed by atoms with Gasteiger partial charge in [0.2, 0.25) is 5.91 Å². The van der Waals surface area contributed by atoms with Crippen LogP contribution in [0, 0.1) is 23.2 Å². The summed E-state index contributed by atoms with van der Waals surface area (Å²) in [7, 11) is 0. The number of fused-ring (bicyclic) bond motifs is 5. The van der Waals surface area contributed by atoms with Gasteiger partial charge in [0.05, 0.1) is 0 Å². The van der Waals surface area contributed by atoms with E-state index in [1.54, 1.807) is 6.07 Å². The lowest BCUT2D eigenvalue weighted by atomic mass is 9.55. The Hall–Kier alpha value is -2.62. The van der Waals surface area contributed by atoms with E-state index < -0.39 is 5.91 Å². The standard InChI is InChI=1S/C26H29NO3/c1-26-10-9-21-20-8-6-19(28)13-16(20)5-7-22(21)23(26)14-18(24(26)29)12-15-3-2-4-17(11-15)25(27)30/h2-4,6,8,11,13,18,21-23,28H,5,7,9-10,12,14H2,1H3,(H2,27,30). The van der Waals surface area contributed by atoms with Gasteiger partial charge in [0, 0.05) is 16.9 Å². The predicted molar refractivity (Wildman–Crippen MR) is 115 cm³/mol. The van der Waals surface area contributed by atoms with Crippen LogP contribution < -0.4 is 5.73 Å². The number of ketones is 1. The first-order valence-electron chi connectivity index (χ1n) is 11.1. The first kappa shape index (κ1) is 19.3. The van der Waals surface area contributed by atoms with Crippen LogP contribution in [-0.4, -0.2) is 16.8 Å². The third-order valence-electron chi connectivity index (χ3n) is 8.27. The Morgan fingerprint density at radius 3 is 2.83 bits per heavy atom. The van der Waals surface area contributed by atoms with Crippen molar-refractivity contribution < 1.29 is 14.7 Å². The van der Waals surface area contributed by atoms with Gasteiger partial charge in [-0.05, 0) is 97.2 Å². The average molecular weight is 404 g/mol. The number of nitrogens with two attached hydrogens (primary N) is 1. The van der Waals surface area contributed by atoms with E-state index in [-0.39, 0.29) is 11.3 Å². The second-order valence-electron chi connectivity index (χ2n) is 9.82. The Kier molecular flexibility index (Phi) is 4.49. The SMILES string of the molecule is CC12CCC3c4ccc(O)cc4CCC3C1CC(Cc1cccc(C(N)=O)c1)C2=O. The maximum atomic E-state index is 13.5. The topological polar surface area (TPSA) is 80.4 Å². The molecule has 0 radical (unpaired) electrons. The Balaban J connectivity index is 1.41. The van der Waals surface area contributed by atoms with E-state index in [1.165, 1.54) is 11.1 Å². The van der Waals surface area contributed by atoms with Crippen LogP contribution >= 0.6 is 0 Å². The molecule has 0 aliphatic heterocycles. The van der Waals surface area contributed by atoms with Crippen molar-refractivity contribution >= 4 is 11.7 Å². The lowest BCUT2D eigenvalue weighted by molar-refractivity contribution is -0.131. The minimum Gasteiger partial charge on any atom is -0.508 e. The number of hydrogen-bond donors (Lipinski definition) is 2. The fourth-order valence-corrected chi connectivity index (χ4v) is 6.82. The van der Waals surface area contributed by atoms with Gasteiger partial charge < -0.3 is 10.8 Å². The minimum atomic E-state index is -0.426. The van der Waals surface area contributed by atoms with E-state index in [0.29, 0.717) is 41.3 Å². The molecule has 2 aromatic rings. The Morgan fingerprint density at radius 2 is 2.03 bits per heavy atom. The number of amides is 1. The van der Waals surface area contributed by atoms with Crippen molar-refractivity contribution in [3.05, 3.63) is 64.7 Å². The van der Waals surface area contributed by atoms with Crippen molar-refractivity contribution in [2.24, 2.45) is 28.9 Å². The number of aryl methyl sites for hydroxylation is 1. The highest BCUT2D eigenvalue weighted by molar-refractivity contribution is 5.93. The summed E-state index contributed by atoms with van der Waals surface area (Å²) in [4.78, 5) is 25.1. The van der Waals surface area contributed by atoms with Crippen LogP contribution in [0.2, 0.25) is 0 Å². The number of benzene rings is 2. The van der Waals surface area contributed by atoms with Crippen molar-refractivity contribution in [2.75, 3.05) is 0 Å². The summed E-state index contributed by atoms with van der Waals surface area (Å²) in [5, 5.41) is 9.87. The number of Topliss-reactive ketones (excluding diaryl/α,β-unsaturated/α-hetero) is 1. The van der Waals surface area contributed by atoms with Gasteiger partial charge in [0.25, 0.3) is 0 Å². The minimum absolute atomic E-state index is 0.0168. The molecule has 0 bridgehead atoms. The van der Waals surface area contributed by atoms with Gasteiger partial charge in [-0.3, -0.25) is 9.59 Å². The molecule has 2 saturated carbocycles. The lowest BCUT2D eigenvalue weighted by Gasteiger charge is -2.48. The molecule has 2 aromatic carbocycles. The molecule has 3 aliphatic rings. The summed E-state index contributed by atoms with van der Waals surface area (Å²) in [5.41, 5.74) is 9.40. The number of phenolic OH excluding ortho intramolecular Hbond substituents is 1. The smallest absolute Gasteiger partial charge is 0.248 e. The molecule has 0 heterocycles. The number of aromatic hydroxyl groups is 1. The second-order valence-corrected chi connectivity index (χ2v) is 9.82. The molecule has 1 amide bonds. The normalized spacial score (nSPS) is 32.2. The second kappa shape index (κ2) is 6.97. The van der Waals surface area contributed by atoms with Crippen molar-refractivity contribution in [1.29, 1.82) is 0 Å². The summed E-state index contributed by atoms with van der Waals surface area (Å²) in [5.74, 6) is 1.79. The van der Waals surface area contributed by atoms with Gasteiger partial charge >= 0.3 is 0 Å². The average Bonchev–Trinajstić information content (AvgIpc) is 2.98. The van der Waals surface area contributed by atoms with Crippen molar-refractivity contribution in [1.82, 2.24) is 0 Å². The molecular weight excluding hydrogens is 374 g/mol. The number of phenols is 1. The van der Waals surface area contributed by atoms with Crippen molar-refractivity contribution in [2.45, 2.75) is 51.4 Å². The van der Waals surface area contributed by atoms with Crippen molar-refractivity contribution in [3.8, 4) is 5.75 Å². The van der Waals surface area contributed by atoms with E-state index in [2.05, 4.69) is 13.0 Å². The Labute approximate surface area is 177 Å². The molecule has 3 aliphatic carbocycles. The van der Waals surface area contributed by atoms with Gasteiger partial charge in [0.15, 0.2) is 0 Å². The van der Waals surface area contributed by atoms with Crippen LogP contribution in [0.15, 0.2) is 42.5 Å². The van der Waals surface area contributed by atoms with Crippen LogP contribution in [0.4, 0.5) is 0 Å². The lowest BCUT2D eigenvalue weighted by Crippen LogP contribution is -2.42. The largest absolute Gasteiger partial charge is 0.508 e. The quantitative estimate of drug-likeness (QED) is 0.798. The van der Waals surface area contributed by atoms with Gasteiger partial charge in [-0.2, -0.15) is 0 Å². The third kappa shape index (κ3) is 2.96. The van der Waals surface area contributed by atoms with Gasteiger partial charge in [-0.15, -0.1) is 0 Å². The summed E-state index contributed by atoms with van der Waals surface area (Å²) in [6.07, 6.45) is 5.69. The van der Waals surface area contributed by atoms with E-state index >= 15 is 0 Å².